The lowest BCUT2D eigenvalue weighted by molar-refractivity contribution is 0.0712. The molecule has 1 amide bonds. The molecule has 1 N–H and O–H groups in total. The second kappa shape index (κ2) is 5.40. The van der Waals surface area contributed by atoms with Crippen LogP contribution in [0.15, 0.2) is 76.5 Å². The number of benzene rings is 3. The Bertz CT molecular complexity index is 1110. The van der Waals surface area contributed by atoms with Gasteiger partial charge in [-0.2, -0.15) is 0 Å². The molecule has 4 heteroatoms. The van der Waals surface area contributed by atoms with Crippen LogP contribution in [-0.2, 0) is 5.54 Å². The maximum Gasteiger partial charge on any atom is 0.255 e. The highest BCUT2D eigenvalue weighted by molar-refractivity contribution is 7.99. The molecule has 0 bridgehead atoms. The molecular formula is C23H18N2OS. The summed E-state index contributed by atoms with van der Waals surface area (Å²) >= 11 is 1.80. The Morgan fingerprint density at radius 2 is 1.67 bits per heavy atom. The van der Waals surface area contributed by atoms with Crippen LogP contribution >= 0.6 is 11.8 Å². The number of carbonyl (C=O) groups is 1. The lowest BCUT2D eigenvalue weighted by Gasteiger charge is -2.37. The van der Waals surface area contributed by atoms with Gasteiger partial charge in [0.1, 0.15) is 0 Å². The number of anilines is 2. The summed E-state index contributed by atoms with van der Waals surface area (Å²) in [6, 6.07) is 23.1. The third-order valence-electron chi connectivity index (χ3n) is 6.07. The molecule has 3 aromatic carbocycles. The standard InChI is InChI=1S/C23H18N2OS/c26-22-15-7-1-2-8-16(15)23(13-6-14-25(22)23)17-9-5-12-20-21(17)24-18-10-3-4-11-19(18)27-20/h1-5,7-12,24H,6,13-14H2. The van der Waals surface area contributed by atoms with E-state index in [9.17, 15) is 4.79 Å². The van der Waals surface area contributed by atoms with Gasteiger partial charge in [-0.05, 0) is 42.7 Å². The molecule has 0 aliphatic carbocycles. The molecule has 0 radical (unpaired) electrons. The predicted octanol–water partition coefficient (Wildman–Crippen LogP) is 5.39. The molecule has 1 atom stereocenters. The topological polar surface area (TPSA) is 32.3 Å². The fourth-order valence-electron chi connectivity index (χ4n) is 4.98. The molecule has 3 aromatic rings. The van der Waals surface area contributed by atoms with Crippen LogP contribution in [0.5, 0.6) is 0 Å². The van der Waals surface area contributed by atoms with E-state index in [0.29, 0.717) is 0 Å². The van der Waals surface area contributed by atoms with Crippen molar-refractivity contribution < 1.29 is 4.79 Å². The average molecular weight is 370 g/mol. The first-order chi connectivity index (χ1) is 13.3. The molecule has 0 aromatic heterocycles. The van der Waals surface area contributed by atoms with Crippen molar-refractivity contribution in [1.82, 2.24) is 4.90 Å². The number of hydrogen-bond donors (Lipinski definition) is 1. The summed E-state index contributed by atoms with van der Waals surface area (Å²) in [7, 11) is 0. The molecule has 3 aliphatic rings. The second-order valence-electron chi connectivity index (χ2n) is 7.37. The molecule has 0 spiro atoms. The third-order valence-corrected chi connectivity index (χ3v) is 7.20. The summed E-state index contributed by atoms with van der Waals surface area (Å²) in [6.07, 6.45) is 2.01. The fraction of sp³-hybridized carbons (Fsp3) is 0.174. The number of fused-ring (bicyclic) bond motifs is 5. The van der Waals surface area contributed by atoms with E-state index in [1.54, 1.807) is 11.8 Å². The zero-order valence-electron chi connectivity index (χ0n) is 14.7. The number of hydrogen-bond acceptors (Lipinski definition) is 3. The minimum Gasteiger partial charge on any atom is -0.353 e. The van der Waals surface area contributed by atoms with E-state index >= 15 is 0 Å². The van der Waals surface area contributed by atoms with Crippen molar-refractivity contribution in [2.75, 3.05) is 11.9 Å². The van der Waals surface area contributed by atoms with Gasteiger partial charge in [-0.25, -0.2) is 0 Å². The van der Waals surface area contributed by atoms with Gasteiger partial charge in [-0.15, -0.1) is 0 Å². The van der Waals surface area contributed by atoms with Gasteiger partial charge in [0.25, 0.3) is 5.91 Å². The van der Waals surface area contributed by atoms with Crippen LogP contribution in [0.1, 0.15) is 34.3 Å². The van der Waals surface area contributed by atoms with Crippen LogP contribution in [0.3, 0.4) is 0 Å². The minimum atomic E-state index is -0.348. The molecule has 3 nitrogen and oxygen atoms in total. The zero-order valence-corrected chi connectivity index (χ0v) is 15.6. The molecule has 132 valence electrons. The van der Waals surface area contributed by atoms with Gasteiger partial charge in [0.05, 0.1) is 16.9 Å². The highest BCUT2D eigenvalue weighted by atomic mass is 32.2. The molecule has 1 unspecified atom stereocenters. The number of carbonyl (C=O) groups excluding carboxylic acids is 1. The monoisotopic (exact) mass is 370 g/mol. The van der Waals surface area contributed by atoms with Crippen molar-refractivity contribution in [1.29, 1.82) is 0 Å². The van der Waals surface area contributed by atoms with E-state index in [4.69, 9.17) is 0 Å². The van der Waals surface area contributed by atoms with Crippen molar-refractivity contribution in [3.8, 4) is 0 Å². The first-order valence-corrected chi connectivity index (χ1v) is 10.2. The Kier molecular flexibility index (Phi) is 3.07. The summed E-state index contributed by atoms with van der Waals surface area (Å²) in [6.45, 7) is 0.820. The predicted molar refractivity (Wildman–Crippen MR) is 108 cm³/mol. The molecule has 3 heterocycles. The van der Waals surface area contributed by atoms with Crippen LogP contribution in [0.4, 0.5) is 11.4 Å². The van der Waals surface area contributed by atoms with Crippen LogP contribution in [0.2, 0.25) is 0 Å². The molecule has 27 heavy (non-hydrogen) atoms. The summed E-state index contributed by atoms with van der Waals surface area (Å²) in [4.78, 5) is 17.7. The number of amides is 1. The zero-order chi connectivity index (χ0) is 18.0. The fourth-order valence-corrected chi connectivity index (χ4v) is 6.00. The van der Waals surface area contributed by atoms with E-state index in [2.05, 4.69) is 64.8 Å². The van der Waals surface area contributed by atoms with Crippen molar-refractivity contribution in [3.63, 3.8) is 0 Å². The highest BCUT2D eigenvalue weighted by Crippen LogP contribution is 2.56. The van der Waals surface area contributed by atoms with Gasteiger partial charge >= 0.3 is 0 Å². The van der Waals surface area contributed by atoms with E-state index in [1.807, 2.05) is 12.1 Å². The summed E-state index contributed by atoms with van der Waals surface area (Å²) < 4.78 is 0. The number of rotatable bonds is 1. The molecule has 0 saturated carbocycles. The molecule has 1 saturated heterocycles. The smallest absolute Gasteiger partial charge is 0.255 e. The van der Waals surface area contributed by atoms with Gasteiger partial charge < -0.3 is 10.2 Å². The second-order valence-corrected chi connectivity index (χ2v) is 8.45. The van der Waals surface area contributed by atoms with Crippen molar-refractivity contribution >= 4 is 29.0 Å². The normalized spacial score (nSPS) is 21.9. The van der Waals surface area contributed by atoms with Crippen molar-refractivity contribution in [2.45, 2.75) is 28.2 Å². The van der Waals surface area contributed by atoms with Crippen molar-refractivity contribution in [3.05, 3.63) is 83.4 Å². The van der Waals surface area contributed by atoms with Gasteiger partial charge in [-0.1, -0.05) is 54.2 Å². The van der Waals surface area contributed by atoms with Crippen LogP contribution < -0.4 is 5.32 Å². The number of nitrogens with zero attached hydrogens (tertiary/aromatic N) is 1. The average Bonchev–Trinajstić information content (AvgIpc) is 3.25. The number of para-hydroxylation sites is 2. The van der Waals surface area contributed by atoms with Crippen LogP contribution in [0.25, 0.3) is 0 Å². The van der Waals surface area contributed by atoms with E-state index in [0.717, 1.165) is 41.9 Å². The molecule has 6 rings (SSSR count). The maximum absolute atomic E-state index is 13.1. The van der Waals surface area contributed by atoms with Crippen molar-refractivity contribution in [2.24, 2.45) is 0 Å². The Hall–Kier alpha value is -2.72. The maximum atomic E-state index is 13.1. The minimum absolute atomic E-state index is 0.171. The Morgan fingerprint density at radius 1 is 0.889 bits per heavy atom. The summed E-state index contributed by atoms with van der Waals surface area (Å²) in [5.74, 6) is 0.171. The van der Waals surface area contributed by atoms with Gasteiger partial charge in [0, 0.05) is 27.5 Å². The Labute approximate surface area is 162 Å². The van der Waals surface area contributed by atoms with E-state index in [1.165, 1.54) is 15.4 Å². The number of nitrogens with one attached hydrogen (secondary N) is 1. The van der Waals surface area contributed by atoms with Crippen LogP contribution in [-0.4, -0.2) is 17.4 Å². The summed E-state index contributed by atoms with van der Waals surface area (Å²) in [5.41, 5.74) is 5.18. The van der Waals surface area contributed by atoms with Gasteiger partial charge in [-0.3, -0.25) is 4.79 Å². The quantitative estimate of drug-likeness (QED) is 0.488. The third kappa shape index (κ3) is 1.91. The van der Waals surface area contributed by atoms with E-state index < -0.39 is 0 Å². The van der Waals surface area contributed by atoms with Gasteiger partial charge in [0.2, 0.25) is 0 Å². The Balaban J connectivity index is 1.60. The Morgan fingerprint density at radius 3 is 2.63 bits per heavy atom. The first-order valence-electron chi connectivity index (χ1n) is 9.38. The summed E-state index contributed by atoms with van der Waals surface area (Å²) in [5, 5.41) is 3.68. The first kappa shape index (κ1) is 15.3. The molecule has 3 aliphatic heterocycles. The highest BCUT2D eigenvalue weighted by Gasteiger charge is 2.54. The van der Waals surface area contributed by atoms with Gasteiger partial charge in [0.15, 0.2) is 0 Å². The lowest BCUT2D eigenvalue weighted by Crippen LogP contribution is -2.40. The molecular weight excluding hydrogens is 352 g/mol. The SMILES string of the molecule is O=C1c2ccccc2C2(c3cccc4c3Nc3ccccc3S4)CCCN12. The molecule has 1 fully saturated rings. The van der Waals surface area contributed by atoms with E-state index in [-0.39, 0.29) is 11.4 Å². The van der Waals surface area contributed by atoms with Crippen LogP contribution in [0, 0.1) is 0 Å². The lowest BCUT2D eigenvalue weighted by atomic mass is 9.80. The largest absolute Gasteiger partial charge is 0.353 e.